The molecule has 19 heteroatoms. The first-order valence-corrected chi connectivity index (χ1v) is 49.9. The van der Waals surface area contributed by atoms with E-state index in [0.717, 1.165) is 108 Å². The molecule has 0 saturated carbocycles. The monoisotopic (exact) mass is 1610 g/mol. The molecule has 3 unspecified atom stereocenters. The van der Waals surface area contributed by atoms with Crippen LogP contribution in [-0.2, 0) is 65.4 Å². The van der Waals surface area contributed by atoms with Crippen LogP contribution in [0.3, 0.4) is 0 Å². The Labute approximate surface area is 677 Å². The zero-order chi connectivity index (χ0) is 80.8. The second-order valence-electron chi connectivity index (χ2n) is 33.9. The fraction of sp³-hybridized carbons (Fsp3) is 0.956. The third kappa shape index (κ3) is 82.6. The van der Waals surface area contributed by atoms with Crippen LogP contribution >= 0.6 is 15.6 Å². The van der Waals surface area contributed by atoms with Crippen molar-refractivity contribution in [2.75, 3.05) is 39.6 Å². The van der Waals surface area contributed by atoms with E-state index in [1.165, 1.54) is 295 Å². The number of carbonyl (C=O) groups is 4. The summed E-state index contributed by atoms with van der Waals surface area (Å²) in [6.45, 7) is 12.1. The summed E-state index contributed by atoms with van der Waals surface area (Å²) in [6.07, 6.45) is 73.7. The number of phosphoric ester groups is 2. The lowest BCUT2D eigenvalue weighted by Gasteiger charge is -2.21. The standard InChI is InChI=1S/C91H178O17P2/c1-8-10-11-12-13-14-15-16-17-18-19-23-28-33-38-43-51-58-65-72-88(93)101-78-86(107-90(95)74-67-60-53-44-39-34-29-24-21-20-22-27-32-37-42-50-57-64-71-84(7)9-2)80-105-109(97,98)103-76-85(92)77-104-110(99,100)106-81-87(79-102-89(94)73-66-59-52-47-46-49-56-63-70-83(5)6)108-91(96)75-68-61-54-45-40-35-30-25-26-31-36-41-48-55-62-69-82(3)4/h82-87,92H,8-81H2,1-7H3,(H,97,98)(H,99,100)/t84?,85-,86-,87-/m1/s1. The van der Waals surface area contributed by atoms with Crippen LogP contribution in [0.4, 0.5) is 0 Å². The Bertz CT molecular complexity index is 2120. The molecule has 6 atom stereocenters. The number of rotatable bonds is 89. The van der Waals surface area contributed by atoms with E-state index in [2.05, 4.69) is 48.5 Å². The number of unbranched alkanes of at least 4 members (excludes halogenated alkanes) is 56. The smallest absolute Gasteiger partial charge is 0.462 e. The molecule has 17 nitrogen and oxygen atoms in total. The summed E-state index contributed by atoms with van der Waals surface area (Å²) in [7, 11) is -9.94. The topological polar surface area (TPSA) is 237 Å². The molecular formula is C91H178O17P2. The quantitative estimate of drug-likeness (QED) is 0.0222. The average Bonchev–Trinajstić information content (AvgIpc) is 0.900. The summed E-state index contributed by atoms with van der Waals surface area (Å²) in [4.78, 5) is 73.4. The molecule has 3 N–H and O–H groups in total. The van der Waals surface area contributed by atoms with Crippen LogP contribution in [0.5, 0.6) is 0 Å². The van der Waals surface area contributed by atoms with Crippen LogP contribution in [0.2, 0.25) is 0 Å². The van der Waals surface area contributed by atoms with Gasteiger partial charge in [-0.25, -0.2) is 9.13 Å². The normalized spacial score (nSPS) is 14.0. The predicted molar refractivity (Wildman–Crippen MR) is 455 cm³/mol. The fourth-order valence-corrected chi connectivity index (χ4v) is 15.8. The van der Waals surface area contributed by atoms with Gasteiger partial charge in [0.25, 0.3) is 0 Å². The number of phosphoric acid groups is 2. The number of esters is 4. The highest BCUT2D eigenvalue weighted by Crippen LogP contribution is 2.45. The molecule has 0 aliphatic rings. The Morgan fingerprint density at radius 1 is 0.264 bits per heavy atom. The second kappa shape index (κ2) is 80.8. The van der Waals surface area contributed by atoms with Crippen molar-refractivity contribution in [2.45, 2.75) is 503 Å². The van der Waals surface area contributed by atoms with Gasteiger partial charge in [-0.05, 0) is 43.4 Å². The van der Waals surface area contributed by atoms with Crippen LogP contribution in [0.25, 0.3) is 0 Å². The summed E-state index contributed by atoms with van der Waals surface area (Å²) >= 11 is 0. The van der Waals surface area contributed by atoms with Gasteiger partial charge in [-0.2, -0.15) is 0 Å². The van der Waals surface area contributed by atoms with E-state index in [1.807, 2.05) is 0 Å². The van der Waals surface area contributed by atoms with Crippen molar-refractivity contribution in [3.05, 3.63) is 0 Å². The molecular weight excluding hydrogens is 1430 g/mol. The third-order valence-electron chi connectivity index (χ3n) is 21.7. The fourth-order valence-electron chi connectivity index (χ4n) is 14.2. The van der Waals surface area contributed by atoms with Gasteiger partial charge in [0.2, 0.25) is 0 Å². The minimum atomic E-state index is -4.97. The summed E-state index contributed by atoms with van der Waals surface area (Å²) < 4.78 is 69.1. The molecule has 0 rings (SSSR count). The molecule has 0 heterocycles. The van der Waals surface area contributed by atoms with Crippen molar-refractivity contribution in [1.82, 2.24) is 0 Å². The number of hydrogen-bond donors (Lipinski definition) is 3. The van der Waals surface area contributed by atoms with Crippen molar-refractivity contribution >= 4 is 39.5 Å². The van der Waals surface area contributed by atoms with Crippen molar-refractivity contribution in [1.29, 1.82) is 0 Å². The number of hydrogen-bond acceptors (Lipinski definition) is 15. The zero-order valence-corrected chi connectivity index (χ0v) is 74.5. The Morgan fingerprint density at radius 2 is 0.464 bits per heavy atom. The molecule has 0 fully saturated rings. The average molecular weight is 1610 g/mol. The molecule has 0 aromatic carbocycles. The van der Waals surface area contributed by atoms with E-state index in [1.54, 1.807) is 0 Å². The Hall–Kier alpha value is -1.94. The molecule has 0 spiro atoms. The van der Waals surface area contributed by atoms with Crippen LogP contribution in [0, 0.1) is 17.8 Å². The summed E-state index contributed by atoms with van der Waals surface area (Å²) in [5.74, 6) is 0.301. The molecule has 654 valence electrons. The van der Waals surface area contributed by atoms with Crippen molar-refractivity contribution in [3.8, 4) is 0 Å². The van der Waals surface area contributed by atoms with Crippen LogP contribution in [0.15, 0.2) is 0 Å². The summed E-state index contributed by atoms with van der Waals surface area (Å²) in [5, 5.41) is 10.7. The Kier molecular flexibility index (Phi) is 79.4. The van der Waals surface area contributed by atoms with Gasteiger partial charge in [-0.1, -0.05) is 434 Å². The first-order valence-electron chi connectivity index (χ1n) is 46.9. The number of ether oxygens (including phenoxy) is 4. The maximum atomic E-state index is 13.2. The van der Waals surface area contributed by atoms with E-state index in [9.17, 15) is 43.2 Å². The molecule has 0 aliphatic carbocycles. The van der Waals surface area contributed by atoms with Crippen LogP contribution in [-0.4, -0.2) is 96.7 Å². The maximum absolute atomic E-state index is 13.2. The van der Waals surface area contributed by atoms with E-state index in [-0.39, 0.29) is 25.7 Å². The van der Waals surface area contributed by atoms with Crippen molar-refractivity contribution in [2.24, 2.45) is 17.8 Å². The minimum Gasteiger partial charge on any atom is -0.462 e. The number of aliphatic hydroxyl groups excluding tert-OH is 1. The zero-order valence-electron chi connectivity index (χ0n) is 72.7. The molecule has 0 bridgehead atoms. The molecule has 0 amide bonds. The molecule has 0 aromatic rings. The highest BCUT2D eigenvalue weighted by molar-refractivity contribution is 7.47. The van der Waals surface area contributed by atoms with Gasteiger partial charge < -0.3 is 33.8 Å². The van der Waals surface area contributed by atoms with E-state index in [4.69, 9.17) is 37.0 Å². The molecule has 0 saturated heterocycles. The van der Waals surface area contributed by atoms with E-state index in [0.29, 0.717) is 25.7 Å². The van der Waals surface area contributed by atoms with Crippen LogP contribution < -0.4 is 0 Å². The lowest BCUT2D eigenvalue weighted by Crippen LogP contribution is -2.30. The molecule has 110 heavy (non-hydrogen) atoms. The molecule has 0 aliphatic heterocycles. The van der Waals surface area contributed by atoms with Gasteiger partial charge in [0.1, 0.15) is 19.3 Å². The van der Waals surface area contributed by atoms with Gasteiger partial charge in [-0.15, -0.1) is 0 Å². The lowest BCUT2D eigenvalue weighted by atomic mass is 9.99. The SMILES string of the molecule is CCCCCCCCCCCCCCCCCCCCCC(=O)OC[C@H](COP(=O)(O)OC[C@@H](O)COP(=O)(O)OC[C@@H](COC(=O)CCCCCCCCCCC(C)C)OC(=O)CCCCCCCCCCCCCCCCCC(C)C)OC(=O)CCCCCCCCCCCCCCCCCCCCC(C)CC. The third-order valence-corrected chi connectivity index (χ3v) is 23.6. The minimum absolute atomic E-state index is 0.107. The van der Waals surface area contributed by atoms with Gasteiger partial charge in [0.15, 0.2) is 12.2 Å². The highest BCUT2D eigenvalue weighted by Gasteiger charge is 2.31. The van der Waals surface area contributed by atoms with Gasteiger partial charge in [-0.3, -0.25) is 37.3 Å². The first kappa shape index (κ1) is 108. The highest BCUT2D eigenvalue weighted by atomic mass is 31.2. The van der Waals surface area contributed by atoms with Gasteiger partial charge in [0.05, 0.1) is 26.4 Å². The largest absolute Gasteiger partial charge is 0.472 e. The Balaban J connectivity index is 5.24. The van der Waals surface area contributed by atoms with Gasteiger partial charge >= 0.3 is 39.5 Å². The van der Waals surface area contributed by atoms with E-state index < -0.39 is 97.5 Å². The van der Waals surface area contributed by atoms with Crippen molar-refractivity contribution < 1.29 is 80.2 Å². The second-order valence-corrected chi connectivity index (χ2v) is 36.8. The van der Waals surface area contributed by atoms with Gasteiger partial charge in [0, 0.05) is 25.7 Å². The molecule has 0 radical (unpaired) electrons. The number of aliphatic hydroxyl groups is 1. The lowest BCUT2D eigenvalue weighted by molar-refractivity contribution is -0.161. The van der Waals surface area contributed by atoms with E-state index >= 15 is 0 Å². The Morgan fingerprint density at radius 3 is 0.691 bits per heavy atom. The maximum Gasteiger partial charge on any atom is 0.472 e. The number of carbonyl (C=O) groups excluding carboxylic acids is 4. The van der Waals surface area contributed by atoms with Crippen LogP contribution in [0.1, 0.15) is 485 Å². The molecule has 0 aromatic heterocycles. The summed E-state index contributed by atoms with van der Waals surface area (Å²) in [6, 6.07) is 0. The van der Waals surface area contributed by atoms with Crippen molar-refractivity contribution in [3.63, 3.8) is 0 Å². The summed E-state index contributed by atoms with van der Waals surface area (Å²) in [5.41, 5.74) is 0. The first-order chi connectivity index (χ1) is 53.3. The predicted octanol–water partition coefficient (Wildman–Crippen LogP) is 28.0.